The molecule has 0 atom stereocenters. The molecule has 2 nitrogen and oxygen atoms in total. The first-order valence-corrected chi connectivity index (χ1v) is 5.06. The lowest BCUT2D eigenvalue weighted by atomic mass is 10.4. The SMILES string of the molecule is CCN(C)Cc1sc(C)nc1C. The molecule has 0 amide bonds. The van der Waals surface area contributed by atoms with E-state index in [1.165, 1.54) is 15.6 Å². The second kappa shape index (κ2) is 4.01. The molecule has 68 valence electrons. The van der Waals surface area contributed by atoms with E-state index in [1.54, 1.807) is 11.3 Å². The Hall–Kier alpha value is -0.410. The Bertz CT molecular complexity index is 255. The summed E-state index contributed by atoms with van der Waals surface area (Å²) in [7, 11) is 2.13. The van der Waals surface area contributed by atoms with Gasteiger partial charge >= 0.3 is 0 Å². The van der Waals surface area contributed by atoms with Crippen molar-refractivity contribution in [2.75, 3.05) is 13.6 Å². The van der Waals surface area contributed by atoms with Crippen molar-refractivity contribution in [3.63, 3.8) is 0 Å². The summed E-state index contributed by atoms with van der Waals surface area (Å²) in [5.74, 6) is 0. The van der Waals surface area contributed by atoms with Crippen LogP contribution in [0, 0.1) is 13.8 Å². The molecular formula is C9H16N2S. The zero-order chi connectivity index (χ0) is 9.14. The maximum atomic E-state index is 4.39. The number of thiazole rings is 1. The summed E-state index contributed by atoms with van der Waals surface area (Å²) in [5.41, 5.74) is 1.19. The van der Waals surface area contributed by atoms with Crippen LogP contribution in [0.1, 0.15) is 22.5 Å². The van der Waals surface area contributed by atoms with Crippen LogP contribution in [0.3, 0.4) is 0 Å². The molecule has 0 aliphatic carbocycles. The van der Waals surface area contributed by atoms with Crippen molar-refractivity contribution in [1.29, 1.82) is 0 Å². The van der Waals surface area contributed by atoms with Crippen molar-refractivity contribution >= 4 is 11.3 Å². The minimum Gasteiger partial charge on any atom is -0.302 e. The number of nitrogens with zero attached hydrogens (tertiary/aromatic N) is 2. The number of hydrogen-bond donors (Lipinski definition) is 0. The molecule has 1 aromatic heterocycles. The van der Waals surface area contributed by atoms with Gasteiger partial charge in [0.2, 0.25) is 0 Å². The standard InChI is InChI=1S/C9H16N2S/c1-5-11(4)6-9-7(2)10-8(3)12-9/h5-6H2,1-4H3. The van der Waals surface area contributed by atoms with Gasteiger partial charge in [-0.05, 0) is 27.4 Å². The maximum Gasteiger partial charge on any atom is 0.0900 e. The van der Waals surface area contributed by atoms with Crippen LogP contribution in [-0.4, -0.2) is 23.5 Å². The predicted octanol–water partition coefficient (Wildman–Crippen LogP) is 2.21. The summed E-state index contributed by atoms with van der Waals surface area (Å²) in [6.07, 6.45) is 0. The molecule has 0 aliphatic heterocycles. The Balaban J connectivity index is 2.68. The molecule has 0 unspecified atom stereocenters. The van der Waals surface area contributed by atoms with Crippen LogP contribution in [0.4, 0.5) is 0 Å². The molecule has 0 saturated carbocycles. The van der Waals surface area contributed by atoms with Crippen molar-refractivity contribution in [3.8, 4) is 0 Å². The van der Waals surface area contributed by atoms with Crippen molar-refractivity contribution in [3.05, 3.63) is 15.6 Å². The van der Waals surface area contributed by atoms with Crippen LogP contribution >= 0.6 is 11.3 Å². The smallest absolute Gasteiger partial charge is 0.0900 e. The minimum atomic E-state index is 1.04. The zero-order valence-corrected chi connectivity index (χ0v) is 9.03. The van der Waals surface area contributed by atoms with Gasteiger partial charge in [-0.25, -0.2) is 4.98 Å². The summed E-state index contributed by atoms with van der Waals surface area (Å²) in [6, 6.07) is 0. The highest BCUT2D eigenvalue weighted by atomic mass is 32.1. The highest BCUT2D eigenvalue weighted by Crippen LogP contribution is 2.18. The monoisotopic (exact) mass is 184 g/mol. The van der Waals surface area contributed by atoms with E-state index in [2.05, 4.69) is 37.7 Å². The van der Waals surface area contributed by atoms with E-state index >= 15 is 0 Å². The summed E-state index contributed by atoms with van der Waals surface area (Å²) < 4.78 is 0. The van der Waals surface area contributed by atoms with E-state index in [4.69, 9.17) is 0 Å². The van der Waals surface area contributed by atoms with Gasteiger partial charge in [-0.3, -0.25) is 0 Å². The second-order valence-corrected chi connectivity index (χ2v) is 4.36. The topological polar surface area (TPSA) is 16.1 Å². The predicted molar refractivity (Wildman–Crippen MR) is 53.6 cm³/mol. The molecule has 0 aromatic carbocycles. The van der Waals surface area contributed by atoms with Crippen molar-refractivity contribution in [2.45, 2.75) is 27.3 Å². The van der Waals surface area contributed by atoms with Gasteiger partial charge in [-0.15, -0.1) is 11.3 Å². The molecule has 1 rings (SSSR count). The third-order valence-electron chi connectivity index (χ3n) is 1.95. The largest absolute Gasteiger partial charge is 0.302 e. The van der Waals surface area contributed by atoms with Gasteiger partial charge < -0.3 is 4.90 Å². The fourth-order valence-corrected chi connectivity index (χ4v) is 2.09. The second-order valence-electron chi connectivity index (χ2n) is 3.07. The van der Waals surface area contributed by atoms with E-state index in [1.807, 2.05) is 0 Å². The molecule has 0 fully saturated rings. The Labute approximate surface area is 78.2 Å². The van der Waals surface area contributed by atoms with Gasteiger partial charge in [0, 0.05) is 11.4 Å². The number of aryl methyl sites for hydroxylation is 2. The van der Waals surface area contributed by atoms with Crippen molar-refractivity contribution < 1.29 is 0 Å². The van der Waals surface area contributed by atoms with Gasteiger partial charge in [-0.2, -0.15) is 0 Å². The first-order valence-electron chi connectivity index (χ1n) is 4.25. The zero-order valence-electron chi connectivity index (χ0n) is 8.22. The molecule has 12 heavy (non-hydrogen) atoms. The molecule has 3 heteroatoms. The molecule has 1 heterocycles. The van der Waals surface area contributed by atoms with Crippen LogP contribution in [0.5, 0.6) is 0 Å². The van der Waals surface area contributed by atoms with Crippen LogP contribution < -0.4 is 0 Å². The van der Waals surface area contributed by atoms with Gasteiger partial charge in [0.1, 0.15) is 0 Å². The summed E-state index contributed by atoms with van der Waals surface area (Å²) in [6.45, 7) is 8.45. The average molecular weight is 184 g/mol. The third kappa shape index (κ3) is 2.29. The summed E-state index contributed by atoms with van der Waals surface area (Å²) in [5, 5.41) is 1.17. The van der Waals surface area contributed by atoms with E-state index in [9.17, 15) is 0 Å². The average Bonchev–Trinajstić information content (AvgIpc) is 2.30. The maximum absolute atomic E-state index is 4.39. The van der Waals surface area contributed by atoms with E-state index in [0.29, 0.717) is 0 Å². The number of aromatic nitrogens is 1. The van der Waals surface area contributed by atoms with Crippen molar-refractivity contribution in [2.24, 2.45) is 0 Å². The number of rotatable bonds is 3. The Morgan fingerprint density at radius 3 is 2.50 bits per heavy atom. The summed E-state index contributed by atoms with van der Waals surface area (Å²) in [4.78, 5) is 8.08. The van der Waals surface area contributed by atoms with Crippen LogP contribution in [0.2, 0.25) is 0 Å². The third-order valence-corrected chi connectivity index (χ3v) is 3.01. The van der Waals surface area contributed by atoms with Gasteiger partial charge in [0.25, 0.3) is 0 Å². The molecule has 1 aromatic rings. The van der Waals surface area contributed by atoms with Gasteiger partial charge in [0.15, 0.2) is 0 Å². The lowest BCUT2D eigenvalue weighted by Crippen LogP contribution is -2.16. The minimum absolute atomic E-state index is 1.04. The van der Waals surface area contributed by atoms with Crippen LogP contribution in [-0.2, 0) is 6.54 Å². The fourth-order valence-electron chi connectivity index (χ4n) is 1.08. The molecule has 0 aliphatic rings. The highest BCUT2D eigenvalue weighted by molar-refractivity contribution is 7.11. The Morgan fingerprint density at radius 1 is 1.42 bits per heavy atom. The first-order chi connectivity index (χ1) is 5.63. The van der Waals surface area contributed by atoms with Crippen LogP contribution in [0.25, 0.3) is 0 Å². The molecular weight excluding hydrogens is 168 g/mol. The van der Waals surface area contributed by atoms with E-state index in [0.717, 1.165) is 13.1 Å². The molecule has 0 radical (unpaired) electrons. The lowest BCUT2D eigenvalue weighted by molar-refractivity contribution is 0.348. The molecule has 0 spiro atoms. The van der Waals surface area contributed by atoms with Gasteiger partial charge in [0.05, 0.1) is 10.7 Å². The molecule has 0 bridgehead atoms. The lowest BCUT2D eigenvalue weighted by Gasteiger charge is -2.11. The normalized spacial score (nSPS) is 11.1. The Kier molecular flexibility index (Phi) is 3.23. The van der Waals surface area contributed by atoms with Crippen LogP contribution in [0.15, 0.2) is 0 Å². The molecule has 0 saturated heterocycles. The van der Waals surface area contributed by atoms with Gasteiger partial charge in [-0.1, -0.05) is 6.92 Å². The number of hydrogen-bond acceptors (Lipinski definition) is 3. The van der Waals surface area contributed by atoms with E-state index in [-0.39, 0.29) is 0 Å². The quantitative estimate of drug-likeness (QED) is 0.716. The highest BCUT2D eigenvalue weighted by Gasteiger charge is 2.05. The Morgan fingerprint density at radius 2 is 2.08 bits per heavy atom. The van der Waals surface area contributed by atoms with E-state index < -0.39 is 0 Å². The summed E-state index contributed by atoms with van der Waals surface area (Å²) >= 11 is 1.81. The molecule has 0 N–H and O–H groups in total. The fraction of sp³-hybridized carbons (Fsp3) is 0.667. The van der Waals surface area contributed by atoms with Crippen molar-refractivity contribution in [1.82, 2.24) is 9.88 Å². The first kappa shape index (κ1) is 9.68.